The minimum atomic E-state index is -0.997. The van der Waals surface area contributed by atoms with Crippen molar-refractivity contribution in [1.29, 1.82) is 0 Å². The molecule has 5 rings (SSSR count). The number of amides is 1. The number of fused-ring (bicyclic) bond motifs is 1. The Labute approximate surface area is 146 Å². The van der Waals surface area contributed by atoms with Gasteiger partial charge in [0.25, 0.3) is 0 Å². The fraction of sp³-hybridized carbons (Fsp3) is 0.579. The number of hydrogen-bond acceptors (Lipinski definition) is 5. The summed E-state index contributed by atoms with van der Waals surface area (Å²) in [4.78, 5) is 26.9. The van der Waals surface area contributed by atoms with E-state index in [1.54, 1.807) is 4.90 Å². The Kier molecular flexibility index (Phi) is 3.76. The van der Waals surface area contributed by atoms with Gasteiger partial charge in [0, 0.05) is 6.54 Å². The standard InChI is InChI=1S/C19H23NO5/c1-2-19-9-14-8-18(12-21,16(22)25-19)15(19)20(10-14)17(23)24-11-13-6-4-3-5-7-13/h3-7,14-15,21H,2,8-12H2,1H3/t14-,15+,18+,19+/m0/s1. The van der Waals surface area contributed by atoms with Crippen molar-refractivity contribution in [3.8, 4) is 0 Å². The quantitative estimate of drug-likeness (QED) is 0.846. The summed E-state index contributed by atoms with van der Waals surface area (Å²) in [5, 5.41) is 10.00. The maximum atomic E-state index is 12.8. The molecule has 1 N–H and O–H groups in total. The zero-order valence-corrected chi connectivity index (χ0v) is 14.3. The SMILES string of the molecule is CC[C@@]12C[C@H]3CN(C(=O)OCc4ccccc4)[C@@H]1[C@](CO)(C3)C(=O)O2. The molecule has 3 aliphatic heterocycles. The number of rotatable bonds is 4. The van der Waals surface area contributed by atoms with Crippen molar-refractivity contribution in [2.45, 2.75) is 44.4 Å². The van der Waals surface area contributed by atoms with Gasteiger partial charge in [-0.1, -0.05) is 37.3 Å². The van der Waals surface area contributed by atoms with E-state index in [1.807, 2.05) is 37.3 Å². The molecule has 1 aromatic rings. The first-order valence-electron chi connectivity index (χ1n) is 8.86. The van der Waals surface area contributed by atoms with E-state index in [-0.39, 0.29) is 25.1 Å². The summed E-state index contributed by atoms with van der Waals surface area (Å²) in [6.07, 6.45) is 1.53. The van der Waals surface area contributed by atoms with Crippen molar-refractivity contribution in [1.82, 2.24) is 4.90 Å². The summed E-state index contributed by atoms with van der Waals surface area (Å²) in [6.45, 7) is 2.41. The number of piperidine rings is 2. The number of carbonyl (C=O) groups is 2. The minimum absolute atomic E-state index is 0.146. The molecule has 0 aromatic heterocycles. The lowest BCUT2D eigenvalue weighted by Gasteiger charge is -2.55. The van der Waals surface area contributed by atoms with Crippen LogP contribution in [0, 0.1) is 11.3 Å². The summed E-state index contributed by atoms with van der Waals surface area (Å²) < 4.78 is 11.2. The summed E-state index contributed by atoms with van der Waals surface area (Å²) in [5.41, 5.74) is -0.772. The lowest BCUT2D eigenvalue weighted by molar-refractivity contribution is -0.154. The molecule has 1 aliphatic carbocycles. The van der Waals surface area contributed by atoms with Crippen LogP contribution >= 0.6 is 0 Å². The molecule has 0 unspecified atom stereocenters. The van der Waals surface area contributed by atoms with E-state index in [1.165, 1.54) is 0 Å². The second kappa shape index (κ2) is 5.73. The van der Waals surface area contributed by atoms with Crippen LogP contribution in [-0.2, 0) is 20.9 Å². The number of aliphatic hydroxyl groups excluding tert-OH is 1. The number of nitrogens with zero attached hydrogens (tertiary/aromatic N) is 1. The molecule has 4 bridgehead atoms. The van der Waals surface area contributed by atoms with E-state index >= 15 is 0 Å². The fourth-order valence-electron chi connectivity index (χ4n) is 5.08. The maximum absolute atomic E-state index is 12.8. The van der Waals surface area contributed by atoms with Gasteiger partial charge in [0.2, 0.25) is 0 Å². The smallest absolute Gasteiger partial charge is 0.410 e. The Morgan fingerprint density at radius 1 is 1.36 bits per heavy atom. The predicted octanol–water partition coefficient (Wildman–Crippen LogP) is 2.10. The normalized spacial score (nSPS) is 35.6. The zero-order valence-electron chi connectivity index (χ0n) is 14.3. The summed E-state index contributed by atoms with van der Waals surface area (Å²) in [7, 11) is 0. The molecule has 1 amide bonds. The molecule has 6 nitrogen and oxygen atoms in total. The molecule has 3 heterocycles. The molecule has 3 saturated heterocycles. The third kappa shape index (κ3) is 2.27. The summed E-state index contributed by atoms with van der Waals surface area (Å²) in [5.74, 6) is -0.224. The van der Waals surface area contributed by atoms with Crippen LogP contribution in [0.2, 0.25) is 0 Å². The van der Waals surface area contributed by atoms with Crippen LogP contribution in [0.4, 0.5) is 4.79 Å². The Balaban J connectivity index is 1.58. The highest BCUT2D eigenvalue weighted by atomic mass is 16.6. The van der Waals surface area contributed by atoms with Crippen molar-refractivity contribution >= 4 is 12.1 Å². The van der Waals surface area contributed by atoms with Gasteiger partial charge in [-0.25, -0.2) is 4.79 Å². The fourth-order valence-corrected chi connectivity index (χ4v) is 5.08. The first-order chi connectivity index (χ1) is 12.0. The molecule has 4 fully saturated rings. The van der Waals surface area contributed by atoms with Crippen LogP contribution in [0.5, 0.6) is 0 Å². The van der Waals surface area contributed by atoms with Crippen molar-refractivity contribution in [2.24, 2.45) is 11.3 Å². The molecular weight excluding hydrogens is 322 g/mol. The maximum Gasteiger partial charge on any atom is 0.410 e. The lowest BCUT2D eigenvalue weighted by Crippen LogP contribution is -2.69. The number of esters is 1. The van der Waals surface area contributed by atoms with E-state index in [0.29, 0.717) is 19.4 Å². The largest absolute Gasteiger partial charge is 0.456 e. The monoisotopic (exact) mass is 345 g/mol. The molecular formula is C19H23NO5. The van der Waals surface area contributed by atoms with Gasteiger partial charge < -0.3 is 14.6 Å². The second-order valence-corrected chi connectivity index (χ2v) is 7.49. The molecule has 0 spiro atoms. The topological polar surface area (TPSA) is 76.1 Å². The van der Waals surface area contributed by atoms with E-state index < -0.39 is 23.2 Å². The highest BCUT2D eigenvalue weighted by molar-refractivity contribution is 5.84. The second-order valence-electron chi connectivity index (χ2n) is 7.49. The first-order valence-corrected chi connectivity index (χ1v) is 8.86. The Bertz CT molecular complexity index is 692. The predicted molar refractivity (Wildman–Crippen MR) is 88.5 cm³/mol. The highest BCUT2D eigenvalue weighted by Gasteiger charge is 2.73. The number of hydrogen-bond donors (Lipinski definition) is 1. The molecule has 4 atom stereocenters. The van der Waals surface area contributed by atoms with Crippen LogP contribution in [0.1, 0.15) is 31.7 Å². The van der Waals surface area contributed by atoms with Crippen LogP contribution in [-0.4, -0.2) is 46.9 Å². The molecule has 6 heteroatoms. The molecule has 134 valence electrons. The van der Waals surface area contributed by atoms with Gasteiger partial charge in [-0.3, -0.25) is 9.69 Å². The van der Waals surface area contributed by atoms with Crippen molar-refractivity contribution in [2.75, 3.05) is 13.2 Å². The third-order valence-corrected chi connectivity index (χ3v) is 6.10. The Morgan fingerprint density at radius 2 is 2.12 bits per heavy atom. The van der Waals surface area contributed by atoms with E-state index in [0.717, 1.165) is 12.0 Å². The highest BCUT2D eigenvalue weighted by Crippen LogP contribution is 2.59. The van der Waals surface area contributed by atoms with Crippen molar-refractivity contribution < 1.29 is 24.2 Å². The van der Waals surface area contributed by atoms with Gasteiger partial charge in [-0.2, -0.15) is 0 Å². The van der Waals surface area contributed by atoms with Gasteiger partial charge in [-0.05, 0) is 30.7 Å². The van der Waals surface area contributed by atoms with Gasteiger partial charge in [0.05, 0.1) is 12.6 Å². The van der Waals surface area contributed by atoms with Gasteiger partial charge in [0.15, 0.2) is 0 Å². The molecule has 4 aliphatic rings. The first kappa shape index (κ1) is 16.4. The zero-order chi connectivity index (χ0) is 17.7. The van der Waals surface area contributed by atoms with Crippen molar-refractivity contribution in [3.05, 3.63) is 35.9 Å². The number of ether oxygens (including phenoxy) is 2. The van der Waals surface area contributed by atoms with Gasteiger partial charge in [-0.15, -0.1) is 0 Å². The van der Waals surface area contributed by atoms with E-state index in [4.69, 9.17) is 9.47 Å². The number of benzene rings is 1. The van der Waals surface area contributed by atoms with E-state index in [2.05, 4.69) is 0 Å². The van der Waals surface area contributed by atoms with Crippen molar-refractivity contribution in [3.63, 3.8) is 0 Å². The molecule has 0 radical (unpaired) electrons. The summed E-state index contributed by atoms with van der Waals surface area (Å²) >= 11 is 0. The third-order valence-electron chi connectivity index (χ3n) is 6.10. The number of carbonyl (C=O) groups excluding carboxylic acids is 2. The minimum Gasteiger partial charge on any atom is -0.456 e. The Morgan fingerprint density at radius 3 is 2.80 bits per heavy atom. The van der Waals surface area contributed by atoms with Gasteiger partial charge >= 0.3 is 12.1 Å². The average Bonchev–Trinajstić information content (AvgIpc) is 2.84. The van der Waals surface area contributed by atoms with E-state index in [9.17, 15) is 14.7 Å². The van der Waals surface area contributed by atoms with Crippen LogP contribution in [0.3, 0.4) is 0 Å². The average molecular weight is 345 g/mol. The lowest BCUT2D eigenvalue weighted by atomic mass is 9.58. The molecule has 25 heavy (non-hydrogen) atoms. The molecule has 1 aromatic carbocycles. The number of aliphatic hydroxyl groups is 1. The van der Waals surface area contributed by atoms with Crippen LogP contribution < -0.4 is 0 Å². The van der Waals surface area contributed by atoms with Gasteiger partial charge in [0.1, 0.15) is 17.6 Å². The Hall–Kier alpha value is -2.08. The molecule has 1 saturated carbocycles. The van der Waals surface area contributed by atoms with Crippen LogP contribution in [0.15, 0.2) is 30.3 Å². The summed E-state index contributed by atoms with van der Waals surface area (Å²) in [6, 6.07) is 9.04. The van der Waals surface area contributed by atoms with Crippen LogP contribution in [0.25, 0.3) is 0 Å².